The second-order valence-electron chi connectivity index (χ2n) is 5.35. The van der Waals surface area contributed by atoms with Crippen molar-refractivity contribution in [2.75, 3.05) is 26.3 Å². The number of nitrogens with zero attached hydrogens (tertiary/aromatic N) is 1. The van der Waals surface area contributed by atoms with Gasteiger partial charge in [-0.3, -0.25) is 4.90 Å². The zero-order chi connectivity index (χ0) is 10.3. The van der Waals surface area contributed by atoms with E-state index in [-0.39, 0.29) is 0 Å². The summed E-state index contributed by atoms with van der Waals surface area (Å²) in [5.41, 5.74) is -0.434. The lowest BCUT2D eigenvalue weighted by Crippen LogP contribution is -2.50. The van der Waals surface area contributed by atoms with Crippen molar-refractivity contribution >= 4 is 0 Å². The molecule has 1 N–H and O–H groups in total. The topological polar surface area (TPSA) is 32.7 Å². The molecule has 0 aromatic heterocycles. The first-order valence-corrected chi connectivity index (χ1v) is 6.35. The van der Waals surface area contributed by atoms with Crippen molar-refractivity contribution in [3.8, 4) is 0 Å². The van der Waals surface area contributed by atoms with Gasteiger partial charge < -0.3 is 9.84 Å². The van der Waals surface area contributed by atoms with Crippen LogP contribution in [0.3, 0.4) is 0 Å². The van der Waals surface area contributed by atoms with Gasteiger partial charge in [0.2, 0.25) is 0 Å². The molecule has 0 saturated carbocycles. The smallest absolute Gasteiger partial charge is 0.0864 e. The molecule has 3 fully saturated rings. The van der Waals surface area contributed by atoms with Gasteiger partial charge in [0, 0.05) is 25.1 Å². The van der Waals surface area contributed by atoms with Crippen molar-refractivity contribution in [2.24, 2.45) is 5.92 Å². The van der Waals surface area contributed by atoms with E-state index in [4.69, 9.17) is 4.74 Å². The molecular weight excluding hydrogens is 190 g/mol. The lowest BCUT2D eigenvalue weighted by Gasteiger charge is -2.39. The molecule has 3 saturated heterocycles. The minimum atomic E-state index is -0.434. The molecule has 0 aromatic carbocycles. The lowest BCUT2D eigenvalue weighted by molar-refractivity contribution is -0.0915. The van der Waals surface area contributed by atoms with E-state index in [1.165, 1.54) is 19.4 Å². The fraction of sp³-hybridized carbons (Fsp3) is 1.00. The van der Waals surface area contributed by atoms with Crippen molar-refractivity contribution in [3.05, 3.63) is 0 Å². The lowest BCUT2D eigenvalue weighted by atomic mass is 9.77. The molecule has 3 atom stereocenters. The number of rotatable bonds is 1. The summed E-state index contributed by atoms with van der Waals surface area (Å²) in [6.45, 7) is 3.96. The highest BCUT2D eigenvalue weighted by Crippen LogP contribution is 2.43. The highest BCUT2D eigenvalue weighted by atomic mass is 16.5. The molecule has 3 heterocycles. The Hall–Kier alpha value is -0.120. The van der Waals surface area contributed by atoms with Crippen LogP contribution >= 0.6 is 0 Å². The van der Waals surface area contributed by atoms with E-state index < -0.39 is 5.60 Å². The average Bonchev–Trinajstić information content (AvgIpc) is 2.85. The summed E-state index contributed by atoms with van der Waals surface area (Å²) in [7, 11) is 0. The molecule has 0 aromatic rings. The number of hydrogen-bond acceptors (Lipinski definition) is 3. The predicted molar refractivity (Wildman–Crippen MR) is 57.7 cm³/mol. The summed E-state index contributed by atoms with van der Waals surface area (Å²) in [6, 6.07) is 0.434. The molecule has 3 unspecified atom stereocenters. The van der Waals surface area contributed by atoms with Crippen LogP contribution in [0, 0.1) is 5.92 Å². The molecule has 3 rings (SSSR count). The molecule has 0 bridgehead atoms. The van der Waals surface area contributed by atoms with Crippen LogP contribution in [0.25, 0.3) is 0 Å². The van der Waals surface area contributed by atoms with E-state index in [0.717, 1.165) is 39.0 Å². The van der Waals surface area contributed by atoms with Crippen LogP contribution in [-0.4, -0.2) is 48.0 Å². The van der Waals surface area contributed by atoms with Gasteiger partial charge in [0.25, 0.3) is 0 Å². The molecule has 0 amide bonds. The maximum absolute atomic E-state index is 10.9. The van der Waals surface area contributed by atoms with Gasteiger partial charge in [-0.05, 0) is 38.6 Å². The Balaban J connectivity index is 1.77. The van der Waals surface area contributed by atoms with E-state index >= 15 is 0 Å². The molecule has 15 heavy (non-hydrogen) atoms. The summed E-state index contributed by atoms with van der Waals surface area (Å²) in [5.74, 6) is 0.388. The SMILES string of the molecule is OC1(C2CCCOC2)CCN2CCCC21. The van der Waals surface area contributed by atoms with E-state index in [1.54, 1.807) is 0 Å². The molecule has 0 spiro atoms. The predicted octanol–water partition coefficient (Wildman–Crippen LogP) is 1.01. The molecule has 0 aliphatic carbocycles. The summed E-state index contributed by atoms with van der Waals surface area (Å²) in [5, 5.41) is 10.9. The Bertz CT molecular complexity index is 240. The number of ether oxygens (including phenoxy) is 1. The zero-order valence-electron chi connectivity index (χ0n) is 9.32. The summed E-state index contributed by atoms with van der Waals surface area (Å²) in [4.78, 5) is 2.48. The Labute approximate surface area is 91.4 Å². The van der Waals surface area contributed by atoms with E-state index in [1.807, 2.05) is 0 Å². The third kappa shape index (κ3) is 1.52. The first-order chi connectivity index (χ1) is 7.31. The largest absolute Gasteiger partial charge is 0.388 e. The molecule has 3 aliphatic heterocycles. The van der Waals surface area contributed by atoms with Crippen LogP contribution in [0.15, 0.2) is 0 Å². The van der Waals surface area contributed by atoms with Crippen LogP contribution in [0.4, 0.5) is 0 Å². The third-order valence-corrected chi connectivity index (χ3v) is 4.61. The number of aliphatic hydroxyl groups is 1. The van der Waals surface area contributed by atoms with Crippen molar-refractivity contribution < 1.29 is 9.84 Å². The molecule has 3 aliphatic rings. The Morgan fingerprint density at radius 3 is 2.93 bits per heavy atom. The molecular formula is C12H21NO2. The van der Waals surface area contributed by atoms with Crippen LogP contribution in [0.1, 0.15) is 32.1 Å². The summed E-state index contributed by atoms with van der Waals surface area (Å²) < 4.78 is 5.53. The van der Waals surface area contributed by atoms with Gasteiger partial charge in [-0.1, -0.05) is 0 Å². The highest BCUT2D eigenvalue weighted by molar-refractivity contribution is 5.06. The van der Waals surface area contributed by atoms with Crippen LogP contribution < -0.4 is 0 Å². The average molecular weight is 211 g/mol. The second-order valence-corrected chi connectivity index (χ2v) is 5.35. The van der Waals surface area contributed by atoms with Crippen molar-refractivity contribution in [1.82, 2.24) is 4.90 Å². The Morgan fingerprint density at radius 2 is 2.13 bits per heavy atom. The van der Waals surface area contributed by atoms with E-state index in [0.29, 0.717) is 12.0 Å². The van der Waals surface area contributed by atoms with Crippen LogP contribution in [0.2, 0.25) is 0 Å². The minimum absolute atomic E-state index is 0.388. The monoisotopic (exact) mass is 211 g/mol. The van der Waals surface area contributed by atoms with Gasteiger partial charge in [0.1, 0.15) is 0 Å². The van der Waals surface area contributed by atoms with Crippen molar-refractivity contribution in [1.29, 1.82) is 0 Å². The van der Waals surface area contributed by atoms with Crippen LogP contribution in [-0.2, 0) is 4.74 Å². The first kappa shape index (κ1) is 10.1. The second kappa shape index (κ2) is 3.72. The molecule has 86 valence electrons. The number of fused-ring (bicyclic) bond motifs is 1. The third-order valence-electron chi connectivity index (χ3n) is 4.61. The van der Waals surface area contributed by atoms with Crippen molar-refractivity contribution in [2.45, 2.75) is 43.7 Å². The fourth-order valence-electron chi connectivity index (χ4n) is 3.76. The molecule has 3 heteroatoms. The quantitative estimate of drug-likeness (QED) is 0.702. The maximum Gasteiger partial charge on any atom is 0.0864 e. The first-order valence-electron chi connectivity index (χ1n) is 6.35. The Kier molecular flexibility index (Phi) is 2.49. The molecule has 0 radical (unpaired) electrons. The van der Waals surface area contributed by atoms with Crippen LogP contribution in [0.5, 0.6) is 0 Å². The van der Waals surface area contributed by atoms with E-state index in [2.05, 4.69) is 4.90 Å². The summed E-state index contributed by atoms with van der Waals surface area (Å²) in [6.07, 6.45) is 5.69. The standard InChI is InChI=1S/C12H21NO2/c14-12(10-3-2-8-15-9-10)5-7-13-6-1-4-11(12)13/h10-11,14H,1-9H2. The number of hydrogen-bond donors (Lipinski definition) is 1. The van der Waals surface area contributed by atoms with Gasteiger partial charge in [-0.15, -0.1) is 0 Å². The van der Waals surface area contributed by atoms with Gasteiger partial charge >= 0.3 is 0 Å². The van der Waals surface area contributed by atoms with Gasteiger partial charge in [0.05, 0.1) is 12.2 Å². The van der Waals surface area contributed by atoms with Gasteiger partial charge in [-0.25, -0.2) is 0 Å². The zero-order valence-corrected chi connectivity index (χ0v) is 9.32. The maximum atomic E-state index is 10.9. The van der Waals surface area contributed by atoms with Gasteiger partial charge in [-0.2, -0.15) is 0 Å². The normalized spacial score (nSPS) is 47.0. The van der Waals surface area contributed by atoms with Crippen molar-refractivity contribution in [3.63, 3.8) is 0 Å². The highest BCUT2D eigenvalue weighted by Gasteiger charge is 2.52. The van der Waals surface area contributed by atoms with E-state index in [9.17, 15) is 5.11 Å². The summed E-state index contributed by atoms with van der Waals surface area (Å²) >= 11 is 0. The minimum Gasteiger partial charge on any atom is -0.388 e. The molecule has 3 nitrogen and oxygen atoms in total. The fourth-order valence-corrected chi connectivity index (χ4v) is 3.76. The van der Waals surface area contributed by atoms with Gasteiger partial charge in [0.15, 0.2) is 0 Å². The Morgan fingerprint density at radius 1 is 1.20 bits per heavy atom.